The minimum Gasteiger partial charge on any atom is -0.424 e. The van der Waals surface area contributed by atoms with Crippen LogP contribution in [0.3, 0.4) is 0 Å². The second-order valence-corrected chi connectivity index (χ2v) is 7.87. The van der Waals surface area contributed by atoms with E-state index in [1.165, 1.54) is 26.1 Å². The normalized spacial score (nSPS) is 15.4. The fourth-order valence-corrected chi connectivity index (χ4v) is 4.14. The van der Waals surface area contributed by atoms with Crippen LogP contribution >= 0.6 is 0 Å². The first-order valence-corrected chi connectivity index (χ1v) is 9.30. The SMILES string of the molecule is CC(=O)OC1=C(C(=O)c2ccc(C)cc2)N(C)S(=O)(=O)c2ccccc21. The third kappa shape index (κ3) is 2.90. The maximum Gasteiger partial charge on any atom is 0.308 e. The molecular weight excluding hydrogens is 354 g/mol. The first-order valence-electron chi connectivity index (χ1n) is 7.86. The molecule has 0 aromatic heterocycles. The first kappa shape index (κ1) is 17.9. The number of hydrogen-bond acceptors (Lipinski definition) is 5. The van der Waals surface area contributed by atoms with E-state index in [-0.39, 0.29) is 21.9 Å². The molecule has 0 saturated heterocycles. The Bertz CT molecular complexity index is 1040. The van der Waals surface area contributed by atoms with Crippen molar-refractivity contribution in [3.8, 4) is 0 Å². The summed E-state index contributed by atoms with van der Waals surface area (Å²) in [7, 11) is -2.66. The number of rotatable bonds is 3. The highest BCUT2D eigenvalue weighted by Gasteiger charge is 2.39. The Kier molecular flexibility index (Phi) is 4.41. The number of carbonyl (C=O) groups is 2. The Morgan fingerprint density at radius 3 is 2.23 bits per heavy atom. The zero-order valence-electron chi connectivity index (χ0n) is 14.5. The van der Waals surface area contributed by atoms with Crippen molar-refractivity contribution in [3.63, 3.8) is 0 Å². The van der Waals surface area contributed by atoms with Crippen LogP contribution in [0.1, 0.15) is 28.4 Å². The van der Waals surface area contributed by atoms with E-state index < -0.39 is 21.8 Å². The average Bonchev–Trinajstić information content (AvgIpc) is 2.60. The molecule has 1 aliphatic heterocycles. The van der Waals surface area contributed by atoms with E-state index >= 15 is 0 Å². The molecule has 1 heterocycles. The lowest BCUT2D eigenvalue weighted by Crippen LogP contribution is -2.35. The van der Waals surface area contributed by atoms with Crippen LogP contribution < -0.4 is 0 Å². The van der Waals surface area contributed by atoms with Crippen molar-refractivity contribution in [1.82, 2.24) is 4.31 Å². The van der Waals surface area contributed by atoms with Gasteiger partial charge in [0.05, 0.1) is 4.90 Å². The number of ether oxygens (including phenoxy) is 1. The van der Waals surface area contributed by atoms with Crippen molar-refractivity contribution in [2.24, 2.45) is 0 Å². The maximum absolute atomic E-state index is 13.1. The molecule has 0 N–H and O–H groups in total. The van der Waals surface area contributed by atoms with Crippen LogP contribution in [0.25, 0.3) is 5.76 Å². The summed E-state index contributed by atoms with van der Waals surface area (Å²) in [5.41, 5.74) is 1.27. The fraction of sp³-hybridized carbons (Fsp3) is 0.158. The summed E-state index contributed by atoms with van der Waals surface area (Å²) in [6.07, 6.45) is 0. The second kappa shape index (κ2) is 6.42. The smallest absolute Gasteiger partial charge is 0.308 e. The number of nitrogens with zero attached hydrogens (tertiary/aromatic N) is 1. The summed E-state index contributed by atoms with van der Waals surface area (Å²) >= 11 is 0. The molecule has 0 aliphatic carbocycles. The minimum absolute atomic E-state index is 0.0146. The highest BCUT2D eigenvalue weighted by Crippen LogP contribution is 2.37. The lowest BCUT2D eigenvalue weighted by atomic mass is 10.0. The molecular formula is C19H17NO5S. The molecule has 0 spiro atoms. The molecule has 0 fully saturated rings. The molecule has 134 valence electrons. The number of esters is 1. The van der Waals surface area contributed by atoms with Crippen LogP contribution in [-0.2, 0) is 19.6 Å². The zero-order chi connectivity index (χ0) is 19.1. The number of likely N-dealkylation sites (N-methyl/N-ethyl adjacent to an activating group) is 1. The van der Waals surface area contributed by atoms with Crippen molar-refractivity contribution in [1.29, 1.82) is 0 Å². The van der Waals surface area contributed by atoms with Gasteiger partial charge in [0.1, 0.15) is 5.70 Å². The van der Waals surface area contributed by atoms with E-state index in [4.69, 9.17) is 4.74 Å². The Balaban J connectivity index is 2.29. The summed E-state index contributed by atoms with van der Waals surface area (Å²) in [5.74, 6) is -1.24. The summed E-state index contributed by atoms with van der Waals surface area (Å²) in [6.45, 7) is 3.08. The molecule has 3 rings (SSSR count). The molecule has 7 heteroatoms. The molecule has 2 aromatic carbocycles. The number of hydrogen-bond donors (Lipinski definition) is 0. The number of aryl methyl sites for hydroxylation is 1. The molecule has 26 heavy (non-hydrogen) atoms. The summed E-state index contributed by atoms with van der Waals surface area (Å²) in [5, 5.41) is 0. The van der Waals surface area contributed by atoms with Gasteiger partial charge in [-0.3, -0.25) is 13.9 Å². The van der Waals surface area contributed by atoms with E-state index in [1.807, 2.05) is 6.92 Å². The Hall–Kier alpha value is -2.93. The lowest BCUT2D eigenvalue weighted by molar-refractivity contribution is -0.134. The molecule has 6 nitrogen and oxygen atoms in total. The Labute approximate surface area is 151 Å². The summed E-state index contributed by atoms with van der Waals surface area (Å²) < 4.78 is 31.8. The fourth-order valence-electron chi connectivity index (χ4n) is 2.75. The van der Waals surface area contributed by atoms with Gasteiger partial charge in [0.2, 0.25) is 5.78 Å². The molecule has 0 saturated carbocycles. The number of sulfonamides is 1. The van der Waals surface area contributed by atoms with Gasteiger partial charge in [0, 0.05) is 25.1 Å². The van der Waals surface area contributed by atoms with Gasteiger partial charge in [-0.1, -0.05) is 42.0 Å². The number of Topliss-reactive ketones (excluding diaryl/α,β-unsaturated/α-hetero) is 1. The quantitative estimate of drug-likeness (QED) is 0.612. The van der Waals surface area contributed by atoms with Crippen molar-refractivity contribution in [2.45, 2.75) is 18.7 Å². The predicted octanol–water partition coefficient (Wildman–Crippen LogP) is 2.74. The number of ketones is 1. The number of carbonyl (C=O) groups excluding carboxylic acids is 2. The van der Waals surface area contributed by atoms with Crippen LogP contribution in [0.2, 0.25) is 0 Å². The van der Waals surface area contributed by atoms with Crippen LogP contribution in [0.4, 0.5) is 0 Å². The maximum atomic E-state index is 13.1. The van der Waals surface area contributed by atoms with Gasteiger partial charge >= 0.3 is 5.97 Å². The summed E-state index contributed by atoms with van der Waals surface area (Å²) in [6, 6.07) is 12.8. The van der Waals surface area contributed by atoms with Gasteiger partial charge in [0.25, 0.3) is 10.0 Å². The van der Waals surface area contributed by atoms with Crippen molar-refractivity contribution >= 4 is 27.5 Å². The Morgan fingerprint density at radius 2 is 1.62 bits per heavy atom. The van der Waals surface area contributed by atoms with Gasteiger partial charge < -0.3 is 4.74 Å². The van der Waals surface area contributed by atoms with Crippen LogP contribution in [0.15, 0.2) is 59.1 Å². The van der Waals surface area contributed by atoms with Gasteiger partial charge in [-0.05, 0) is 19.1 Å². The average molecular weight is 371 g/mol. The standard InChI is InChI=1S/C19H17NO5S/c1-12-8-10-14(11-9-12)18(22)17-19(25-13(2)21)15-6-4-5-7-16(15)26(23,24)20(17)3/h4-11H,1-3H3. The molecule has 1 aliphatic rings. The Morgan fingerprint density at radius 1 is 1.00 bits per heavy atom. The third-order valence-corrected chi connectivity index (χ3v) is 5.89. The highest BCUT2D eigenvalue weighted by atomic mass is 32.2. The van der Waals surface area contributed by atoms with Gasteiger partial charge in [-0.2, -0.15) is 0 Å². The van der Waals surface area contributed by atoms with Gasteiger partial charge in [0.15, 0.2) is 5.76 Å². The van der Waals surface area contributed by atoms with Gasteiger partial charge in [-0.15, -0.1) is 0 Å². The van der Waals surface area contributed by atoms with E-state index in [2.05, 4.69) is 0 Å². The molecule has 2 aromatic rings. The topological polar surface area (TPSA) is 80.8 Å². The molecule has 0 unspecified atom stereocenters. The first-order chi connectivity index (χ1) is 12.2. The molecule has 0 atom stereocenters. The number of allylic oxidation sites excluding steroid dienone is 1. The monoisotopic (exact) mass is 371 g/mol. The summed E-state index contributed by atoms with van der Waals surface area (Å²) in [4.78, 5) is 24.6. The highest BCUT2D eigenvalue weighted by molar-refractivity contribution is 7.89. The largest absolute Gasteiger partial charge is 0.424 e. The van der Waals surface area contributed by atoms with Gasteiger partial charge in [-0.25, -0.2) is 8.42 Å². The molecule has 0 radical (unpaired) electrons. The number of benzene rings is 2. The predicted molar refractivity (Wildman–Crippen MR) is 95.6 cm³/mol. The van der Waals surface area contributed by atoms with E-state index in [0.29, 0.717) is 5.56 Å². The third-order valence-electron chi connectivity index (χ3n) is 4.07. The van der Waals surface area contributed by atoms with Crippen LogP contribution in [0.5, 0.6) is 0 Å². The van der Waals surface area contributed by atoms with E-state index in [1.54, 1.807) is 36.4 Å². The molecule has 0 bridgehead atoms. The number of fused-ring (bicyclic) bond motifs is 1. The lowest BCUT2D eigenvalue weighted by Gasteiger charge is -2.29. The minimum atomic E-state index is -3.94. The second-order valence-electron chi connectivity index (χ2n) is 5.94. The van der Waals surface area contributed by atoms with Crippen molar-refractivity contribution in [3.05, 3.63) is 70.9 Å². The van der Waals surface area contributed by atoms with Crippen molar-refractivity contribution < 1.29 is 22.7 Å². The van der Waals surface area contributed by atoms with Crippen LogP contribution in [-0.4, -0.2) is 31.5 Å². The van der Waals surface area contributed by atoms with E-state index in [9.17, 15) is 18.0 Å². The van der Waals surface area contributed by atoms with Crippen molar-refractivity contribution in [2.75, 3.05) is 7.05 Å². The van der Waals surface area contributed by atoms with E-state index in [0.717, 1.165) is 9.87 Å². The van der Waals surface area contributed by atoms with Crippen LogP contribution in [0, 0.1) is 6.92 Å². The molecule has 0 amide bonds. The zero-order valence-corrected chi connectivity index (χ0v) is 15.3.